The van der Waals surface area contributed by atoms with Gasteiger partial charge in [0.2, 0.25) is 11.8 Å². The average Bonchev–Trinajstić information content (AvgIpc) is 2.51. The van der Waals surface area contributed by atoms with Crippen LogP contribution < -0.4 is 10.2 Å². The Morgan fingerprint density at radius 2 is 1.86 bits per heavy atom. The fraction of sp³-hybridized carbons (Fsp3) is 0.500. The Hall–Kier alpha value is -1.88. The van der Waals surface area contributed by atoms with Gasteiger partial charge in [-0.2, -0.15) is 0 Å². The van der Waals surface area contributed by atoms with Crippen molar-refractivity contribution in [1.82, 2.24) is 5.32 Å². The lowest BCUT2D eigenvalue weighted by Gasteiger charge is -2.17. The van der Waals surface area contributed by atoms with Crippen LogP contribution in [0.4, 0.5) is 5.69 Å². The second-order valence-corrected chi connectivity index (χ2v) is 4.84. The zero-order valence-corrected chi connectivity index (χ0v) is 12.8. The Morgan fingerprint density at radius 3 is 2.52 bits per heavy atom. The van der Waals surface area contributed by atoms with E-state index >= 15 is 0 Å². The number of methoxy groups -OCH3 is 1. The van der Waals surface area contributed by atoms with E-state index in [1.54, 1.807) is 19.1 Å². The molecule has 0 bridgehead atoms. The van der Waals surface area contributed by atoms with Crippen molar-refractivity contribution in [2.24, 2.45) is 0 Å². The summed E-state index contributed by atoms with van der Waals surface area (Å²) in [5.74, 6) is 0.00894. The van der Waals surface area contributed by atoms with Gasteiger partial charge >= 0.3 is 0 Å². The highest BCUT2D eigenvalue weighted by Crippen LogP contribution is 2.13. The summed E-state index contributed by atoms with van der Waals surface area (Å²) in [6.07, 6.45) is 2.11. The normalized spacial score (nSPS) is 10.2. The zero-order chi connectivity index (χ0) is 15.5. The van der Waals surface area contributed by atoms with Gasteiger partial charge in [0.1, 0.15) is 0 Å². The SMILES string of the molecule is COCCCNC(=O)CCCC(=O)N(C)c1ccccc1. The van der Waals surface area contributed by atoms with Crippen LogP contribution >= 0.6 is 0 Å². The summed E-state index contributed by atoms with van der Waals surface area (Å²) < 4.78 is 4.90. The number of rotatable bonds is 9. The van der Waals surface area contributed by atoms with Gasteiger partial charge in [0, 0.05) is 45.8 Å². The maximum Gasteiger partial charge on any atom is 0.226 e. The molecule has 0 fully saturated rings. The lowest BCUT2D eigenvalue weighted by Crippen LogP contribution is -2.27. The van der Waals surface area contributed by atoms with Gasteiger partial charge in [0.15, 0.2) is 0 Å². The van der Waals surface area contributed by atoms with E-state index in [-0.39, 0.29) is 11.8 Å². The molecular formula is C16H24N2O3. The van der Waals surface area contributed by atoms with E-state index in [2.05, 4.69) is 5.32 Å². The summed E-state index contributed by atoms with van der Waals surface area (Å²) in [7, 11) is 3.39. The summed E-state index contributed by atoms with van der Waals surface area (Å²) in [6, 6.07) is 9.48. The molecule has 1 N–H and O–H groups in total. The molecule has 0 spiro atoms. The van der Waals surface area contributed by atoms with Crippen molar-refractivity contribution >= 4 is 17.5 Å². The Labute approximate surface area is 126 Å². The monoisotopic (exact) mass is 292 g/mol. The van der Waals surface area contributed by atoms with Gasteiger partial charge in [-0.3, -0.25) is 9.59 Å². The van der Waals surface area contributed by atoms with Gasteiger partial charge in [-0.25, -0.2) is 0 Å². The van der Waals surface area contributed by atoms with E-state index in [0.717, 1.165) is 12.1 Å². The Balaban J connectivity index is 2.20. The number of carbonyl (C=O) groups excluding carboxylic acids is 2. The van der Waals surface area contributed by atoms with Crippen molar-refractivity contribution in [3.05, 3.63) is 30.3 Å². The third-order valence-electron chi connectivity index (χ3n) is 3.16. The van der Waals surface area contributed by atoms with Crippen LogP contribution in [0.25, 0.3) is 0 Å². The van der Waals surface area contributed by atoms with E-state index in [1.807, 2.05) is 30.3 Å². The molecule has 0 radical (unpaired) electrons. The summed E-state index contributed by atoms with van der Waals surface area (Å²) in [5.41, 5.74) is 0.867. The molecule has 21 heavy (non-hydrogen) atoms. The minimum Gasteiger partial charge on any atom is -0.385 e. The lowest BCUT2D eigenvalue weighted by atomic mass is 10.2. The molecule has 0 aromatic heterocycles. The maximum absolute atomic E-state index is 12.0. The molecule has 0 saturated carbocycles. The average molecular weight is 292 g/mol. The fourth-order valence-electron chi connectivity index (χ4n) is 1.90. The van der Waals surface area contributed by atoms with Gasteiger partial charge in [0.05, 0.1) is 0 Å². The van der Waals surface area contributed by atoms with Crippen LogP contribution in [0, 0.1) is 0 Å². The second-order valence-electron chi connectivity index (χ2n) is 4.84. The summed E-state index contributed by atoms with van der Waals surface area (Å²) in [4.78, 5) is 25.2. The van der Waals surface area contributed by atoms with E-state index in [0.29, 0.717) is 32.4 Å². The first kappa shape index (κ1) is 17.2. The van der Waals surface area contributed by atoms with Crippen molar-refractivity contribution in [2.45, 2.75) is 25.7 Å². The molecule has 1 aromatic carbocycles. The third-order valence-corrected chi connectivity index (χ3v) is 3.16. The molecule has 0 aliphatic carbocycles. The topological polar surface area (TPSA) is 58.6 Å². The molecule has 0 saturated heterocycles. The number of ether oxygens (including phenoxy) is 1. The van der Waals surface area contributed by atoms with Crippen molar-refractivity contribution in [3.8, 4) is 0 Å². The Bertz CT molecular complexity index is 434. The number of carbonyl (C=O) groups is 2. The molecule has 116 valence electrons. The number of benzene rings is 1. The number of hydrogen-bond acceptors (Lipinski definition) is 3. The van der Waals surface area contributed by atoms with Gasteiger partial charge in [0.25, 0.3) is 0 Å². The molecule has 1 rings (SSSR count). The molecule has 0 atom stereocenters. The number of para-hydroxylation sites is 1. The van der Waals surface area contributed by atoms with E-state index in [4.69, 9.17) is 4.74 Å². The Morgan fingerprint density at radius 1 is 1.14 bits per heavy atom. The van der Waals surface area contributed by atoms with E-state index in [9.17, 15) is 9.59 Å². The van der Waals surface area contributed by atoms with Crippen molar-refractivity contribution in [2.75, 3.05) is 32.2 Å². The minimum atomic E-state index is -0.0127. The van der Waals surface area contributed by atoms with Crippen LogP contribution in [0.2, 0.25) is 0 Å². The largest absolute Gasteiger partial charge is 0.385 e. The van der Waals surface area contributed by atoms with E-state index < -0.39 is 0 Å². The van der Waals surface area contributed by atoms with Gasteiger partial charge < -0.3 is 15.0 Å². The summed E-state index contributed by atoms with van der Waals surface area (Å²) in [6.45, 7) is 1.26. The first-order valence-corrected chi connectivity index (χ1v) is 7.22. The predicted molar refractivity (Wildman–Crippen MR) is 83.2 cm³/mol. The van der Waals surface area contributed by atoms with Crippen molar-refractivity contribution < 1.29 is 14.3 Å². The lowest BCUT2D eigenvalue weighted by molar-refractivity contribution is -0.121. The first-order valence-electron chi connectivity index (χ1n) is 7.22. The number of anilines is 1. The molecule has 0 unspecified atom stereocenters. The number of nitrogens with zero attached hydrogens (tertiary/aromatic N) is 1. The molecule has 1 aromatic rings. The van der Waals surface area contributed by atoms with Gasteiger partial charge in [-0.1, -0.05) is 18.2 Å². The van der Waals surface area contributed by atoms with Crippen LogP contribution in [0.1, 0.15) is 25.7 Å². The smallest absolute Gasteiger partial charge is 0.226 e. The highest BCUT2D eigenvalue weighted by molar-refractivity contribution is 5.92. The van der Waals surface area contributed by atoms with Crippen LogP contribution in [0.15, 0.2) is 30.3 Å². The maximum atomic E-state index is 12.0. The van der Waals surface area contributed by atoms with Crippen LogP contribution in [0.3, 0.4) is 0 Å². The standard InChI is InChI=1S/C16H24N2O3/c1-18(14-8-4-3-5-9-14)16(20)11-6-10-15(19)17-12-7-13-21-2/h3-5,8-9H,6-7,10-13H2,1-2H3,(H,17,19). The van der Waals surface area contributed by atoms with Gasteiger partial charge in [-0.05, 0) is 25.0 Å². The predicted octanol–water partition coefficient (Wildman–Crippen LogP) is 1.97. The molecule has 0 aliphatic rings. The quantitative estimate of drug-likeness (QED) is 0.708. The molecule has 5 heteroatoms. The van der Waals surface area contributed by atoms with Gasteiger partial charge in [-0.15, -0.1) is 0 Å². The molecule has 0 heterocycles. The van der Waals surface area contributed by atoms with Crippen LogP contribution in [-0.2, 0) is 14.3 Å². The molecular weight excluding hydrogens is 268 g/mol. The summed E-state index contributed by atoms with van der Waals surface area (Å²) in [5, 5.41) is 2.81. The highest BCUT2D eigenvalue weighted by atomic mass is 16.5. The third kappa shape index (κ3) is 6.90. The van der Waals surface area contributed by atoms with E-state index in [1.165, 1.54) is 0 Å². The highest BCUT2D eigenvalue weighted by Gasteiger charge is 2.11. The summed E-state index contributed by atoms with van der Waals surface area (Å²) >= 11 is 0. The second kappa shape index (κ2) is 9.94. The van der Waals surface area contributed by atoms with Crippen LogP contribution in [-0.4, -0.2) is 39.1 Å². The molecule has 0 aliphatic heterocycles. The number of hydrogen-bond donors (Lipinski definition) is 1. The molecule has 5 nitrogen and oxygen atoms in total. The first-order chi connectivity index (χ1) is 10.1. The zero-order valence-electron chi connectivity index (χ0n) is 12.8. The Kier molecular flexibility index (Phi) is 8.12. The van der Waals surface area contributed by atoms with Crippen molar-refractivity contribution in [3.63, 3.8) is 0 Å². The van der Waals surface area contributed by atoms with Crippen LogP contribution in [0.5, 0.6) is 0 Å². The number of amides is 2. The van der Waals surface area contributed by atoms with Crippen molar-refractivity contribution in [1.29, 1.82) is 0 Å². The number of nitrogens with one attached hydrogen (secondary N) is 1. The molecule has 2 amide bonds. The fourth-order valence-corrected chi connectivity index (χ4v) is 1.90. The minimum absolute atomic E-state index is 0.0127.